The van der Waals surface area contributed by atoms with Crippen molar-refractivity contribution >= 4 is 11.9 Å². The molecule has 5 nitrogen and oxygen atoms in total. The summed E-state index contributed by atoms with van der Waals surface area (Å²) < 4.78 is 6.23. The quantitative estimate of drug-likeness (QED) is 0.748. The minimum atomic E-state index is -0.982. The average Bonchev–Trinajstić information content (AvgIpc) is 3.09. The first-order valence-electron chi connectivity index (χ1n) is 10.5. The molecule has 5 heteroatoms. The van der Waals surface area contributed by atoms with Crippen LogP contribution in [0.5, 0.6) is 0 Å². The Balaban J connectivity index is 1.30. The van der Waals surface area contributed by atoms with Gasteiger partial charge in [-0.2, -0.15) is 4.99 Å². The summed E-state index contributed by atoms with van der Waals surface area (Å²) in [7, 11) is 0. The van der Waals surface area contributed by atoms with Crippen molar-refractivity contribution in [2.45, 2.75) is 43.3 Å². The zero-order valence-corrected chi connectivity index (χ0v) is 16.8. The van der Waals surface area contributed by atoms with Crippen LogP contribution in [-0.2, 0) is 28.0 Å². The molecule has 2 aromatic rings. The second kappa shape index (κ2) is 7.00. The maximum Gasteiger partial charge on any atom is 0.296 e. The lowest BCUT2D eigenvalue weighted by Crippen LogP contribution is -2.48. The molecule has 1 atom stereocenters. The lowest BCUT2D eigenvalue weighted by atomic mass is 9.80. The van der Waals surface area contributed by atoms with Crippen molar-refractivity contribution in [2.75, 3.05) is 13.1 Å². The fourth-order valence-corrected chi connectivity index (χ4v) is 4.89. The summed E-state index contributed by atoms with van der Waals surface area (Å²) >= 11 is 0. The fourth-order valence-electron chi connectivity index (χ4n) is 4.89. The first-order chi connectivity index (χ1) is 14.5. The van der Waals surface area contributed by atoms with E-state index in [1.807, 2.05) is 41.3 Å². The van der Waals surface area contributed by atoms with Crippen LogP contribution in [0.15, 0.2) is 53.5 Å². The molecule has 0 unspecified atom stereocenters. The number of benzene rings is 2. The van der Waals surface area contributed by atoms with Crippen LogP contribution in [0.4, 0.5) is 0 Å². The summed E-state index contributed by atoms with van der Waals surface area (Å²) in [6.45, 7) is 1.10. The highest BCUT2D eigenvalue weighted by Gasteiger charge is 2.50. The topological polar surface area (TPSA) is 62.1 Å². The molecule has 1 saturated heterocycles. The van der Waals surface area contributed by atoms with Gasteiger partial charge in [0.05, 0.1) is 5.60 Å². The predicted octanol–water partition coefficient (Wildman–Crippen LogP) is 2.79. The van der Waals surface area contributed by atoms with E-state index >= 15 is 0 Å². The van der Waals surface area contributed by atoms with E-state index in [2.05, 4.69) is 23.0 Å². The molecule has 3 aliphatic rings. The van der Waals surface area contributed by atoms with Crippen LogP contribution in [0, 0.1) is 12.3 Å². The largest absolute Gasteiger partial charge is 0.448 e. The summed E-state index contributed by atoms with van der Waals surface area (Å²) in [5, 5.41) is 11.2. The van der Waals surface area contributed by atoms with Crippen molar-refractivity contribution < 1.29 is 14.6 Å². The Labute approximate surface area is 176 Å². The molecule has 0 radical (unpaired) electrons. The van der Waals surface area contributed by atoms with Gasteiger partial charge in [0, 0.05) is 31.5 Å². The van der Waals surface area contributed by atoms with Gasteiger partial charge in [0.1, 0.15) is 0 Å². The number of piperidine rings is 1. The Hall–Kier alpha value is -3.10. The van der Waals surface area contributed by atoms with Crippen molar-refractivity contribution in [3.8, 4) is 12.3 Å². The standard InChI is InChI=1S/C25H24N2O3/c1-2-18-7-5-6-10-21(18)24(29)13-15-27(16-14-24)23-26-22(28)25(30-23)12-11-19-8-3-4-9-20(19)17-25/h1,3-10,29H,11-17H2/t25-/m0/s1. The van der Waals surface area contributed by atoms with E-state index < -0.39 is 11.2 Å². The number of rotatable bonds is 1. The molecule has 152 valence electrons. The van der Waals surface area contributed by atoms with Gasteiger partial charge in [-0.05, 0) is 42.0 Å². The Kier molecular flexibility index (Phi) is 4.41. The number of terminal acetylenes is 1. The molecule has 1 fully saturated rings. The number of hydrogen-bond acceptors (Lipinski definition) is 4. The molecule has 0 saturated carbocycles. The minimum Gasteiger partial charge on any atom is -0.448 e. The molecule has 1 N–H and O–H groups in total. The number of fused-ring (bicyclic) bond motifs is 1. The normalized spacial score (nSPS) is 24.7. The monoisotopic (exact) mass is 400 g/mol. The highest BCUT2D eigenvalue weighted by atomic mass is 16.5. The van der Waals surface area contributed by atoms with Crippen LogP contribution in [-0.4, -0.2) is 40.6 Å². The molecule has 2 aliphatic heterocycles. The van der Waals surface area contributed by atoms with Crippen LogP contribution >= 0.6 is 0 Å². The minimum absolute atomic E-state index is 0.189. The number of nitrogens with zero attached hydrogens (tertiary/aromatic N) is 2. The lowest BCUT2D eigenvalue weighted by molar-refractivity contribution is -0.132. The molecule has 5 rings (SSSR count). The maximum atomic E-state index is 12.8. The summed E-state index contributed by atoms with van der Waals surface area (Å²) in [5.74, 6) is 2.48. The Morgan fingerprint density at radius 2 is 1.73 bits per heavy atom. The van der Waals surface area contributed by atoms with Crippen molar-refractivity contribution in [2.24, 2.45) is 4.99 Å². The van der Waals surface area contributed by atoms with Crippen LogP contribution in [0.25, 0.3) is 0 Å². The van der Waals surface area contributed by atoms with E-state index in [4.69, 9.17) is 11.2 Å². The lowest BCUT2D eigenvalue weighted by Gasteiger charge is -2.40. The van der Waals surface area contributed by atoms with Crippen LogP contribution < -0.4 is 0 Å². The third kappa shape index (κ3) is 3.00. The van der Waals surface area contributed by atoms with Gasteiger partial charge in [0.2, 0.25) is 0 Å². The Morgan fingerprint density at radius 1 is 1.03 bits per heavy atom. The van der Waals surface area contributed by atoms with E-state index in [0.717, 1.165) is 23.1 Å². The summed E-state index contributed by atoms with van der Waals surface area (Å²) in [4.78, 5) is 19.1. The van der Waals surface area contributed by atoms with E-state index in [9.17, 15) is 9.90 Å². The zero-order valence-electron chi connectivity index (χ0n) is 16.8. The van der Waals surface area contributed by atoms with Crippen LogP contribution in [0.1, 0.15) is 41.5 Å². The van der Waals surface area contributed by atoms with Gasteiger partial charge in [-0.3, -0.25) is 4.79 Å². The first kappa shape index (κ1) is 18.9. The Bertz CT molecular complexity index is 1080. The number of amidine groups is 1. The van der Waals surface area contributed by atoms with Crippen molar-refractivity contribution in [1.82, 2.24) is 4.90 Å². The molecule has 1 aliphatic carbocycles. The van der Waals surface area contributed by atoms with Gasteiger partial charge in [0.15, 0.2) is 5.60 Å². The molecule has 2 heterocycles. The second-order valence-corrected chi connectivity index (χ2v) is 8.45. The highest BCUT2D eigenvalue weighted by Crippen LogP contribution is 2.39. The van der Waals surface area contributed by atoms with Gasteiger partial charge >= 0.3 is 0 Å². The van der Waals surface area contributed by atoms with Crippen molar-refractivity contribution in [3.63, 3.8) is 0 Å². The molecular formula is C25H24N2O3. The third-order valence-corrected chi connectivity index (χ3v) is 6.71. The molecule has 1 amide bonds. The highest BCUT2D eigenvalue weighted by molar-refractivity contribution is 6.01. The summed E-state index contributed by atoms with van der Waals surface area (Å²) in [6.07, 6.45) is 8.63. The van der Waals surface area contributed by atoms with Gasteiger partial charge in [-0.25, -0.2) is 0 Å². The summed E-state index contributed by atoms with van der Waals surface area (Å²) in [5.41, 5.74) is 2.09. The van der Waals surface area contributed by atoms with E-state index in [1.54, 1.807) is 0 Å². The van der Waals surface area contributed by atoms with Crippen molar-refractivity contribution in [1.29, 1.82) is 0 Å². The van der Waals surface area contributed by atoms with Gasteiger partial charge in [-0.1, -0.05) is 48.4 Å². The Morgan fingerprint density at radius 3 is 2.50 bits per heavy atom. The van der Waals surface area contributed by atoms with Gasteiger partial charge in [0.25, 0.3) is 11.9 Å². The number of aryl methyl sites for hydroxylation is 1. The van der Waals surface area contributed by atoms with Gasteiger partial charge in [-0.15, -0.1) is 6.42 Å². The summed E-state index contributed by atoms with van der Waals surface area (Å²) in [6, 6.07) is 16.1. The molecule has 0 bridgehead atoms. The number of carbonyl (C=O) groups is 1. The molecular weight excluding hydrogens is 376 g/mol. The van der Waals surface area contributed by atoms with Crippen LogP contribution in [0.3, 0.4) is 0 Å². The number of hydrogen-bond donors (Lipinski definition) is 1. The van der Waals surface area contributed by atoms with Crippen molar-refractivity contribution in [3.05, 3.63) is 70.8 Å². The van der Waals surface area contributed by atoms with E-state index in [0.29, 0.717) is 44.8 Å². The predicted molar refractivity (Wildman–Crippen MR) is 114 cm³/mol. The third-order valence-electron chi connectivity index (χ3n) is 6.71. The average molecular weight is 400 g/mol. The number of carbonyl (C=O) groups excluding carboxylic acids is 1. The second-order valence-electron chi connectivity index (χ2n) is 8.45. The van der Waals surface area contributed by atoms with Crippen LogP contribution in [0.2, 0.25) is 0 Å². The first-order valence-corrected chi connectivity index (χ1v) is 10.5. The SMILES string of the molecule is C#Cc1ccccc1C1(O)CCN(C2=NC(=O)[C@@]3(CCc4ccccc4C3)O2)CC1. The molecule has 2 aromatic carbocycles. The number of likely N-dealkylation sites (tertiary alicyclic amines) is 1. The number of aliphatic hydroxyl groups is 1. The van der Waals surface area contributed by atoms with E-state index in [1.165, 1.54) is 5.56 Å². The number of ether oxygens (including phenoxy) is 1. The molecule has 1 spiro atoms. The molecule has 30 heavy (non-hydrogen) atoms. The number of aliphatic imine (C=N–C) groups is 1. The smallest absolute Gasteiger partial charge is 0.296 e. The zero-order chi connectivity index (χ0) is 20.8. The number of amides is 1. The fraction of sp³-hybridized carbons (Fsp3) is 0.360. The molecule has 0 aromatic heterocycles. The van der Waals surface area contributed by atoms with E-state index in [-0.39, 0.29) is 5.91 Å². The van der Waals surface area contributed by atoms with Gasteiger partial charge < -0.3 is 14.7 Å². The maximum absolute atomic E-state index is 12.8.